The molecular weight excluding hydrogens is 298 g/mol. The Bertz CT molecular complexity index is 698. The van der Waals surface area contributed by atoms with Gasteiger partial charge in [-0.1, -0.05) is 18.2 Å². The van der Waals surface area contributed by atoms with E-state index in [2.05, 4.69) is 15.6 Å². The average molecular weight is 317 g/mol. The Balaban J connectivity index is 1.71. The maximum Gasteiger partial charge on any atom is 0.243 e. The highest BCUT2D eigenvalue weighted by Gasteiger charge is 2.33. The summed E-state index contributed by atoms with van der Waals surface area (Å²) in [5.74, 6) is 0.667. The molecule has 3 N–H and O–H groups in total. The number of para-hydroxylation sites is 1. The van der Waals surface area contributed by atoms with Gasteiger partial charge >= 0.3 is 0 Å². The molecule has 1 fully saturated rings. The lowest BCUT2D eigenvalue weighted by Gasteiger charge is -2.29. The summed E-state index contributed by atoms with van der Waals surface area (Å²) >= 11 is 1.67. The Morgan fingerprint density at radius 2 is 1.82 bits per heavy atom. The second kappa shape index (κ2) is 6.44. The molecule has 0 saturated carbocycles. The normalized spacial score (nSPS) is 21.7. The highest BCUT2D eigenvalue weighted by Crippen LogP contribution is 2.20. The van der Waals surface area contributed by atoms with Gasteiger partial charge in [0.25, 0.3) is 0 Å². The van der Waals surface area contributed by atoms with E-state index in [1.807, 2.05) is 36.7 Å². The molecule has 1 aliphatic rings. The largest absolute Gasteiger partial charge is 0.361 e. The summed E-state index contributed by atoms with van der Waals surface area (Å²) in [6.45, 7) is 0. The van der Waals surface area contributed by atoms with Gasteiger partial charge in [0.2, 0.25) is 11.8 Å². The second-order valence-corrected chi connectivity index (χ2v) is 6.45. The van der Waals surface area contributed by atoms with Crippen LogP contribution in [0.25, 0.3) is 10.9 Å². The first-order valence-corrected chi connectivity index (χ1v) is 8.73. The maximum atomic E-state index is 12.2. The number of aromatic nitrogens is 1. The van der Waals surface area contributed by atoms with E-state index in [0.717, 1.165) is 22.2 Å². The van der Waals surface area contributed by atoms with Gasteiger partial charge in [0.05, 0.1) is 0 Å². The first kappa shape index (κ1) is 15.0. The van der Waals surface area contributed by atoms with Crippen molar-refractivity contribution in [1.82, 2.24) is 15.6 Å². The van der Waals surface area contributed by atoms with E-state index in [4.69, 9.17) is 0 Å². The molecule has 0 spiro atoms. The molecule has 2 heterocycles. The number of nitrogens with one attached hydrogen (secondary N) is 3. The zero-order valence-electron chi connectivity index (χ0n) is 12.4. The van der Waals surface area contributed by atoms with Crippen LogP contribution < -0.4 is 10.6 Å². The smallest absolute Gasteiger partial charge is 0.243 e. The van der Waals surface area contributed by atoms with E-state index < -0.39 is 12.1 Å². The quantitative estimate of drug-likeness (QED) is 0.781. The number of thioether (sulfide) groups is 1. The molecule has 0 bridgehead atoms. The molecule has 5 nitrogen and oxygen atoms in total. The fourth-order valence-electron chi connectivity index (χ4n) is 2.78. The molecule has 0 aliphatic carbocycles. The van der Waals surface area contributed by atoms with Crippen molar-refractivity contribution in [2.24, 2.45) is 0 Å². The standard InChI is InChI=1S/C16H19N3O2S/c1-22-7-6-13-15(20)19-14(16(21)18-13)8-10-9-17-12-5-3-2-4-11(10)12/h2-5,9,13-14,17H,6-8H2,1H3,(H,18,21)(H,19,20)/t13-,14+/m0/s1. The zero-order chi connectivity index (χ0) is 15.5. The van der Waals surface area contributed by atoms with Crippen molar-refractivity contribution in [3.05, 3.63) is 36.0 Å². The zero-order valence-corrected chi connectivity index (χ0v) is 13.2. The lowest BCUT2D eigenvalue weighted by atomic mass is 10.0. The van der Waals surface area contributed by atoms with E-state index in [1.54, 1.807) is 11.8 Å². The van der Waals surface area contributed by atoms with Gasteiger partial charge in [-0.3, -0.25) is 9.59 Å². The first-order chi connectivity index (χ1) is 10.7. The summed E-state index contributed by atoms with van der Waals surface area (Å²) in [6.07, 6.45) is 5.06. The van der Waals surface area contributed by atoms with Crippen LogP contribution in [0.15, 0.2) is 30.5 Å². The molecule has 0 radical (unpaired) electrons. The third-order valence-corrected chi connectivity index (χ3v) is 4.62. The maximum absolute atomic E-state index is 12.2. The molecule has 22 heavy (non-hydrogen) atoms. The van der Waals surface area contributed by atoms with Gasteiger partial charge in [0.1, 0.15) is 12.1 Å². The molecule has 1 aromatic carbocycles. The Labute approximate surface area is 133 Å². The molecule has 6 heteroatoms. The van der Waals surface area contributed by atoms with E-state index in [9.17, 15) is 9.59 Å². The van der Waals surface area contributed by atoms with Crippen molar-refractivity contribution >= 4 is 34.5 Å². The molecular formula is C16H19N3O2S. The molecule has 3 rings (SSSR count). The van der Waals surface area contributed by atoms with Crippen molar-refractivity contribution in [2.45, 2.75) is 24.9 Å². The number of piperazine rings is 1. The molecule has 2 aromatic rings. The van der Waals surface area contributed by atoms with Gasteiger partial charge in [0.15, 0.2) is 0 Å². The molecule has 1 aromatic heterocycles. The van der Waals surface area contributed by atoms with Crippen LogP contribution in [0.4, 0.5) is 0 Å². The number of aromatic amines is 1. The average Bonchev–Trinajstić information content (AvgIpc) is 2.92. The number of rotatable bonds is 5. The van der Waals surface area contributed by atoms with Crippen molar-refractivity contribution in [1.29, 1.82) is 0 Å². The molecule has 2 amide bonds. The third-order valence-electron chi connectivity index (χ3n) is 3.98. The van der Waals surface area contributed by atoms with Crippen LogP contribution in [0, 0.1) is 0 Å². The van der Waals surface area contributed by atoms with Gasteiger partial charge in [0, 0.05) is 23.5 Å². The number of benzene rings is 1. The van der Waals surface area contributed by atoms with Gasteiger partial charge in [-0.2, -0.15) is 11.8 Å². The predicted octanol–water partition coefficient (Wildman–Crippen LogP) is 1.45. The Hall–Kier alpha value is -1.95. The Morgan fingerprint density at radius 1 is 1.09 bits per heavy atom. The van der Waals surface area contributed by atoms with Crippen molar-refractivity contribution in [3.63, 3.8) is 0 Å². The number of amides is 2. The number of hydrogen-bond donors (Lipinski definition) is 3. The molecule has 116 valence electrons. The minimum Gasteiger partial charge on any atom is -0.361 e. The number of hydrogen-bond acceptors (Lipinski definition) is 3. The first-order valence-electron chi connectivity index (χ1n) is 7.33. The van der Waals surface area contributed by atoms with Crippen LogP contribution in [0.2, 0.25) is 0 Å². The SMILES string of the molecule is CSCC[C@@H]1NC(=O)[C@@H](Cc2c[nH]c3ccccc23)NC1=O. The van der Waals surface area contributed by atoms with Crippen molar-refractivity contribution in [2.75, 3.05) is 12.0 Å². The van der Waals surface area contributed by atoms with Crippen molar-refractivity contribution in [3.8, 4) is 0 Å². The van der Waals surface area contributed by atoms with Crippen LogP contribution in [0.5, 0.6) is 0 Å². The monoisotopic (exact) mass is 317 g/mol. The highest BCUT2D eigenvalue weighted by atomic mass is 32.2. The summed E-state index contributed by atoms with van der Waals surface area (Å²) in [4.78, 5) is 27.5. The second-order valence-electron chi connectivity index (χ2n) is 5.47. The van der Waals surface area contributed by atoms with Crippen LogP contribution in [0.1, 0.15) is 12.0 Å². The lowest BCUT2D eigenvalue weighted by Crippen LogP contribution is -2.62. The highest BCUT2D eigenvalue weighted by molar-refractivity contribution is 7.98. The fourth-order valence-corrected chi connectivity index (χ4v) is 3.25. The van der Waals surface area contributed by atoms with Crippen LogP contribution in [-0.4, -0.2) is 40.9 Å². The summed E-state index contributed by atoms with van der Waals surface area (Å²) < 4.78 is 0. The fraction of sp³-hybridized carbons (Fsp3) is 0.375. The number of fused-ring (bicyclic) bond motifs is 1. The number of carbonyl (C=O) groups excluding carboxylic acids is 2. The Kier molecular flexibility index (Phi) is 4.38. The minimum atomic E-state index is -0.503. The topological polar surface area (TPSA) is 74.0 Å². The number of H-pyrrole nitrogens is 1. The minimum absolute atomic E-state index is 0.0847. The molecule has 2 atom stereocenters. The van der Waals surface area contributed by atoms with Gasteiger partial charge in [-0.25, -0.2) is 0 Å². The van der Waals surface area contributed by atoms with Crippen LogP contribution >= 0.6 is 11.8 Å². The van der Waals surface area contributed by atoms with E-state index in [1.165, 1.54) is 0 Å². The molecule has 0 unspecified atom stereocenters. The van der Waals surface area contributed by atoms with Crippen LogP contribution in [0.3, 0.4) is 0 Å². The van der Waals surface area contributed by atoms with E-state index in [0.29, 0.717) is 12.8 Å². The van der Waals surface area contributed by atoms with Crippen LogP contribution in [-0.2, 0) is 16.0 Å². The third kappa shape index (κ3) is 2.97. The Morgan fingerprint density at radius 3 is 2.64 bits per heavy atom. The van der Waals surface area contributed by atoms with Gasteiger partial charge in [-0.15, -0.1) is 0 Å². The van der Waals surface area contributed by atoms with Crippen molar-refractivity contribution < 1.29 is 9.59 Å². The molecule has 1 aliphatic heterocycles. The lowest BCUT2D eigenvalue weighted by molar-refractivity contribution is -0.136. The summed E-state index contributed by atoms with van der Waals surface area (Å²) in [6, 6.07) is 7.05. The molecule has 1 saturated heterocycles. The summed E-state index contributed by atoms with van der Waals surface area (Å²) in [5, 5.41) is 6.78. The van der Waals surface area contributed by atoms with Gasteiger partial charge in [-0.05, 0) is 30.1 Å². The number of carbonyl (C=O) groups is 2. The summed E-state index contributed by atoms with van der Waals surface area (Å²) in [5.41, 5.74) is 2.08. The summed E-state index contributed by atoms with van der Waals surface area (Å²) in [7, 11) is 0. The van der Waals surface area contributed by atoms with E-state index >= 15 is 0 Å². The predicted molar refractivity (Wildman–Crippen MR) is 88.9 cm³/mol. The van der Waals surface area contributed by atoms with E-state index in [-0.39, 0.29) is 11.8 Å². The van der Waals surface area contributed by atoms with Gasteiger partial charge < -0.3 is 15.6 Å².